The third kappa shape index (κ3) is 5.98. The molecule has 0 bridgehead atoms. The van der Waals surface area contributed by atoms with Crippen molar-refractivity contribution in [1.82, 2.24) is 14.6 Å². The number of nitrogens with zero attached hydrogens (tertiary/aromatic N) is 3. The van der Waals surface area contributed by atoms with Gasteiger partial charge in [0.15, 0.2) is 0 Å². The van der Waals surface area contributed by atoms with Crippen molar-refractivity contribution in [2.45, 2.75) is 23.0 Å². The van der Waals surface area contributed by atoms with E-state index in [1.165, 1.54) is 30.3 Å². The Morgan fingerprint density at radius 3 is 2.49 bits per heavy atom. The normalized spacial score (nSPS) is 16.2. The Morgan fingerprint density at radius 1 is 1.19 bits per heavy atom. The lowest BCUT2D eigenvalue weighted by atomic mass is 10.1. The summed E-state index contributed by atoms with van der Waals surface area (Å²) < 4.78 is 66.3. The fraction of sp³-hybridized carbons (Fsp3) is 0.250. The lowest BCUT2D eigenvalue weighted by Gasteiger charge is -2.22. The van der Waals surface area contributed by atoms with Gasteiger partial charge in [-0.1, -0.05) is 35.9 Å². The van der Waals surface area contributed by atoms with E-state index >= 15 is 0 Å². The number of carbonyl (C=O) groups excluding carboxylic acids is 1. The molecule has 0 fully saturated rings. The highest BCUT2D eigenvalue weighted by atomic mass is 35.5. The topological polar surface area (TPSA) is 82.6 Å². The average Bonchev–Trinajstić information content (AvgIpc) is 3.52. The van der Waals surface area contributed by atoms with Crippen LogP contribution < -0.4 is 10.2 Å². The van der Waals surface area contributed by atoms with Crippen LogP contribution in [0.4, 0.5) is 19.0 Å². The standard InChI is InChI=1S/C24H22ClF3N4O3S2/c1-31(2)21-13-15(12-18(30-21)16-5-7-17(8-6-16)24(26,27)28)14-29-23(33)19-4-3-11-32(19)37(34,35)22-10-9-20(25)36-22/h3-10,12-13,19H,11,14H2,1-2H3,(H,29,33). The van der Waals surface area contributed by atoms with Crippen molar-refractivity contribution in [2.75, 3.05) is 25.5 Å². The number of pyridine rings is 1. The molecule has 1 unspecified atom stereocenters. The highest BCUT2D eigenvalue weighted by molar-refractivity contribution is 7.91. The molecule has 1 aliphatic rings. The molecule has 1 aromatic carbocycles. The number of amides is 1. The summed E-state index contributed by atoms with van der Waals surface area (Å²) in [6.45, 7) is 0.104. The SMILES string of the molecule is CN(C)c1cc(CNC(=O)C2C=CCN2S(=O)(=O)c2ccc(Cl)s2)cc(-c2ccc(C(F)(F)F)cc2)n1. The average molecular weight is 571 g/mol. The summed E-state index contributed by atoms with van der Waals surface area (Å²) in [7, 11) is -0.387. The number of halogens is 4. The van der Waals surface area contributed by atoms with E-state index in [1.807, 2.05) is 0 Å². The van der Waals surface area contributed by atoms with Crippen LogP contribution in [0, 0.1) is 0 Å². The number of aromatic nitrogens is 1. The fourth-order valence-electron chi connectivity index (χ4n) is 3.69. The third-order valence-corrected chi connectivity index (χ3v) is 9.14. The highest BCUT2D eigenvalue weighted by Crippen LogP contribution is 2.32. The van der Waals surface area contributed by atoms with Crippen LogP contribution in [-0.2, 0) is 27.5 Å². The number of thiophene rings is 1. The zero-order chi connectivity index (χ0) is 27.0. The summed E-state index contributed by atoms with van der Waals surface area (Å²) in [6, 6.07) is 9.92. The van der Waals surface area contributed by atoms with Crippen LogP contribution >= 0.6 is 22.9 Å². The number of anilines is 1. The van der Waals surface area contributed by atoms with Crippen LogP contribution in [-0.4, -0.2) is 50.3 Å². The second-order valence-corrected chi connectivity index (χ2v) is 12.2. The minimum Gasteiger partial charge on any atom is -0.363 e. The molecule has 3 aromatic rings. The second-order valence-electron chi connectivity index (χ2n) is 8.41. The summed E-state index contributed by atoms with van der Waals surface area (Å²) in [6.07, 6.45) is -1.32. The number of hydrogen-bond acceptors (Lipinski definition) is 6. The van der Waals surface area contributed by atoms with Crippen LogP contribution in [0.3, 0.4) is 0 Å². The van der Waals surface area contributed by atoms with Gasteiger partial charge in [-0.3, -0.25) is 4.79 Å². The van der Waals surface area contributed by atoms with Crippen molar-refractivity contribution in [3.8, 4) is 11.3 Å². The third-order valence-electron chi connectivity index (χ3n) is 5.60. The molecule has 1 atom stereocenters. The number of alkyl halides is 3. The summed E-state index contributed by atoms with van der Waals surface area (Å²) in [5.74, 6) is 0.0282. The first-order valence-corrected chi connectivity index (χ1v) is 13.6. The maximum Gasteiger partial charge on any atom is 0.416 e. The monoisotopic (exact) mass is 570 g/mol. The maximum absolute atomic E-state index is 13.0. The highest BCUT2D eigenvalue weighted by Gasteiger charge is 2.37. The maximum atomic E-state index is 13.0. The number of carbonyl (C=O) groups is 1. The van der Waals surface area contributed by atoms with E-state index in [0.29, 0.717) is 27.0 Å². The summed E-state index contributed by atoms with van der Waals surface area (Å²) >= 11 is 6.81. The molecule has 7 nitrogen and oxygen atoms in total. The Bertz CT molecular complexity index is 1440. The first kappa shape index (κ1) is 27.1. The number of sulfonamides is 1. The van der Waals surface area contributed by atoms with Gasteiger partial charge in [0, 0.05) is 32.7 Å². The van der Waals surface area contributed by atoms with Gasteiger partial charge < -0.3 is 10.2 Å². The minimum atomic E-state index is -4.45. The molecule has 37 heavy (non-hydrogen) atoms. The number of rotatable bonds is 7. The van der Waals surface area contributed by atoms with Crippen molar-refractivity contribution in [3.05, 3.63) is 76.1 Å². The minimum absolute atomic E-state index is 0.0462. The van der Waals surface area contributed by atoms with Gasteiger partial charge in [-0.25, -0.2) is 13.4 Å². The van der Waals surface area contributed by atoms with E-state index in [9.17, 15) is 26.4 Å². The molecule has 1 aliphatic heterocycles. The summed E-state index contributed by atoms with van der Waals surface area (Å²) in [5.41, 5.74) is 0.795. The van der Waals surface area contributed by atoms with Crippen LogP contribution in [0.15, 0.2) is 64.9 Å². The van der Waals surface area contributed by atoms with Crippen molar-refractivity contribution < 1.29 is 26.4 Å². The van der Waals surface area contributed by atoms with E-state index in [0.717, 1.165) is 27.8 Å². The number of nitrogens with one attached hydrogen (secondary N) is 1. The van der Waals surface area contributed by atoms with Crippen LogP contribution in [0.2, 0.25) is 4.34 Å². The van der Waals surface area contributed by atoms with E-state index in [4.69, 9.17) is 11.6 Å². The molecule has 0 radical (unpaired) electrons. The molecular weight excluding hydrogens is 549 g/mol. The van der Waals surface area contributed by atoms with Crippen molar-refractivity contribution in [2.24, 2.45) is 0 Å². The van der Waals surface area contributed by atoms with Gasteiger partial charge in [-0.15, -0.1) is 11.3 Å². The molecular formula is C24H22ClF3N4O3S2. The molecule has 0 aliphatic carbocycles. The Morgan fingerprint density at radius 2 is 1.89 bits per heavy atom. The Labute approximate surface area is 221 Å². The predicted molar refractivity (Wildman–Crippen MR) is 137 cm³/mol. The van der Waals surface area contributed by atoms with E-state index in [2.05, 4.69) is 10.3 Å². The first-order chi connectivity index (χ1) is 17.4. The molecule has 1 N–H and O–H groups in total. The van der Waals surface area contributed by atoms with Crippen LogP contribution in [0.25, 0.3) is 11.3 Å². The molecule has 0 saturated heterocycles. The van der Waals surface area contributed by atoms with E-state index in [1.54, 1.807) is 37.2 Å². The van der Waals surface area contributed by atoms with E-state index in [-0.39, 0.29) is 17.3 Å². The number of hydrogen-bond donors (Lipinski definition) is 1. The molecule has 13 heteroatoms. The quantitative estimate of drug-likeness (QED) is 0.413. The molecule has 2 aromatic heterocycles. The fourth-order valence-corrected chi connectivity index (χ4v) is 6.80. The lowest BCUT2D eigenvalue weighted by Crippen LogP contribution is -2.45. The predicted octanol–water partition coefficient (Wildman–Crippen LogP) is 4.79. The van der Waals surface area contributed by atoms with Gasteiger partial charge >= 0.3 is 6.18 Å². The first-order valence-electron chi connectivity index (χ1n) is 10.9. The van der Waals surface area contributed by atoms with Crippen molar-refractivity contribution in [1.29, 1.82) is 0 Å². The molecule has 0 spiro atoms. The largest absolute Gasteiger partial charge is 0.416 e. The Hall–Kier alpha value is -2.93. The summed E-state index contributed by atoms with van der Waals surface area (Å²) in [4.78, 5) is 19.2. The molecule has 1 amide bonds. The van der Waals surface area contributed by atoms with Gasteiger partial charge in [0.1, 0.15) is 16.1 Å². The zero-order valence-corrected chi connectivity index (χ0v) is 22.0. The second kappa shape index (κ2) is 10.4. The van der Waals surface area contributed by atoms with Gasteiger partial charge in [0.2, 0.25) is 5.91 Å². The molecule has 196 valence electrons. The summed E-state index contributed by atoms with van der Waals surface area (Å²) in [5, 5.41) is 2.76. The smallest absolute Gasteiger partial charge is 0.363 e. The Balaban J connectivity index is 1.53. The van der Waals surface area contributed by atoms with Crippen molar-refractivity contribution in [3.63, 3.8) is 0 Å². The number of benzene rings is 1. The van der Waals surface area contributed by atoms with Crippen LogP contribution in [0.1, 0.15) is 11.1 Å². The molecule has 3 heterocycles. The lowest BCUT2D eigenvalue weighted by molar-refractivity contribution is -0.137. The van der Waals surface area contributed by atoms with Crippen LogP contribution in [0.5, 0.6) is 0 Å². The van der Waals surface area contributed by atoms with E-state index < -0.39 is 33.7 Å². The van der Waals surface area contributed by atoms with Crippen molar-refractivity contribution >= 4 is 44.7 Å². The van der Waals surface area contributed by atoms with Gasteiger partial charge in [-0.05, 0) is 42.0 Å². The molecule has 4 rings (SSSR count). The zero-order valence-electron chi connectivity index (χ0n) is 19.7. The Kier molecular flexibility index (Phi) is 7.65. The van der Waals surface area contributed by atoms with Gasteiger partial charge in [-0.2, -0.15) is 17.5 Å². The van der Waals surface area contributed by atoms with Gasteiger partial charge in [0.25, 0.3) is 10.0 Å². The van der Waals surface area contributed by atoms with Gasteiger partial charge in [0.05, 0.1) is 15.6 Å². The molecule has 0 saturated carbocycles.